The molecule has 92 valence electrons. The minimum absolute atomic E-state index is 0.388. The monoisotopic (exact) mass is 242 g/mol. The molecule has 0 saturated heterocycles. The van der Waals surface area contributed by atoms with Gasteiger partial charge in [-0.1, -0.05) is 25.6 Å². The van der Waals surface area contributed by atoms with Gasteiger partial charge in [-0.25, -0.2) is 0 Å². The van der Waals surface area contributed by atoms with E-state index < -0.39 is 0 Å². The molecule has 0 aromatic carbocycles. The van der Waals surface area contributed by atoms with Crippen molar-refractivity contribution in [2.75, 3.05) is 19.0 Å². The first-order chi connectivity index (χ1) is 7.47. The Kier molecular flexibility index (Phi) is 4.65. The highest BCUT2D eigenvalue weighted by molar-refractivity contribution is 7.99. The number of nitrogens with zero attached hydrogens (tertiary/aromatic N) is 4. The van der Waals surface area contributed by atoms with Crippen LogP contribution in [0.5, 0.6) is 0 Å². The molecular formula is C11H22N4S. The second-order valence-corrected chi connectivity index (χ2v) is 5.88. The van der Waals surface area contributed by atoms with E-state index in [4.69, 9.17) is 0 Å². The highest BCUT2D eigenvalue weighted by Crippen LogP contribution is 2.29. The van der Waals surface area contributed by atoms with Crippen LogP contribution in [-0.4, -0.2) is 34.1 Å². The molecule has 1 atom stereocenters. The summed E-state index contributed by atoms with van der Waals surface area (Å²) in [6.45, 7) is 8.74. The van der Waals surface area contributed by atoms with Crippen LogP contribution in [0.3, 0.4) is 0 Å². The second-order valence-electron chi connectivity index (χ2n) is 4.48. The van der Waals surface area contributed by atoms with Crippen LogP contribution in [-0.2, 0) is 0 Å². The molecule has 4 nitrogen and oxygen atoms in total. The van der Waals surface area contributed by atoms with Crippen molar-refractivity contribution >= 4 is 17.7 Å². The summed E-state index contributed by atoms with van der Waals surface area (Å²) in [5.74, 6) is 0.931. The molecule has 0 fully saturated rings. The van der Waals surface area contributed by atoms with Crippen molar-refractivity contribution in [2.45, 2.75) is 50.6 Å². The zero-order chi connectivity index (χ0) is 12.3. The van der Waals surface area contributed by atoms with Gasteiger partial charge in [0.2, 0.25) is 5.95 Å². The highest BCUT2D eigenvalue weighted by atomic mass is 32.2. The van der Waals surface area contributed by atoms with Crippen LogP contribution in [0.1, 0.15) is 40.2 Å². The molecule has 0 N–H and O–H groups in total. The third-order valence-electron chi connectivity index (χ3n) is 2.44. The van der Waals surface area contributed by atoms with Crippen molar-refractivity contribution in [3.05, 3.63) is 0 Å². The molecule has 5 heteroatoms. The lowest BCUT2D eigenvalue weighted by atomic mass is 10.4. The summed E-state index contributed by atoms with van der Waals surface area (Å²) in [7, 11) is 4.00. The van der Waals surface area contributed by atoms with E-state index in [2.05, 4.69) is 42.5 Å². The molecule has 1 aromatic heterocycles. The number of hydrogen-bond donors (Lipinski definition) is 0. The number of rotatable bonds is 5. The molecule has 0 radical (unpaired) electrons. The SMILES string of the molecule is CCC(C)Sc1nnc(N(C)C)n1C(C)C. The number of thioether (sulfide) groups is 1. The summed E-state index contributed by atoms with van der Waals surface area (Å²) < 4.78 is 2.19. The summed E-state index contributed by atoms with van der Waals surface area (Å²) >= 11 is 1.80. The van der Waals surface area contributed by atoms with Crippen molar-refractivity contribution in [3.63, 3.8) is 0 Å². The maximum Gasteiger partial charge on any atom is 0.227 e. The number of hydrogen-bond acceptors (Lipinski definition) is 4. The Bertz CT molecular complexity index is 333. The molecule has 0 aliphatic heterocycles. The van der Waals surface area contributed by atoms with E-state index in [1.54, 1.807) is 11.8 Å². The minimum Gasteiger partial charge on any atom is -0.347 e. The lowest BCUT2D eigenvalue weighted by Gasteiger charge is -2.18. The topological polar surface area (TPSA) is 34.0 Å². The van der Waals surface area contributed by atoms with Gasteiger partial charge in [0.1, 0.15) is 0 Å². The molecule has 0 spiro atoms. The molecule has 0 aliphatic carbocycles. The average molecular weight is 242 g/mol. The molecule has 1 aromatic rings. The van der Waals surface area contributed by atoms with Crippen molar-refractivity contribution in [1.82, 2.24) is 14.8 Å². The Balaban J connectivity index is 3.00. The first-order valence-corrected chi connectivity index (χ1v) is 6.64. The Morgan fingerprint density at radius 2 is 1.88 bits per heavy atom. The Labute approximate surface area is 102 Å². The highest BCUT2D eigenvalue weighted by Gasteiger charge is 2.17. The van der Waals surface area contributed by atoms with E-state index in [9.17, 15) is 0 Å². The fourth-order valence-corrected chi connectivity index (χ4v) is 2.39. The van der Waals surface area contributed by atoms with E-state index in [-0.39, 0.29) is 0 Å². The molecule has 1 unspecified atom stereocenters. The van der Waals surface area contributed by atoms with E-state index in [0.29, 0.717) is 11.3 Å². The van der Waals surface area contributed by atoms with Gasteiger partial charge < -0.3 is 4.90 Å². The standard InChI is InChI=1S/C11H22N4S/c1-7-9(4)16-11-13-12-10(14(5)6)15(11)8(2)3/h8-9H,7H2,1-6H3. The molecular weight excluding hydrogens is 220 g/mol. The van der Waals surface area contributed by atoms with Crippen molar-refractivity contribution < 1.29 is 0 Å². The van der Waals surface area contributed by atoms with Crippen LogP contribution in [0.25, 0.3) is 0 Å². The van der Waals surface area contributed by atoms with Crippen LogP contribution >= 0.6 is 11.8 Å². The Morgan fingerprint density at radius 1 is 1.25 bits per heavy atom. The van der Waals surface area contributed by atoms with Crippen molar-refractivity contribution in [1.29, 1.82) is 0 Å². The van der Waals surface area contributed by atoms with Crippen LogP contribution in [0.15, 0.2) is 5.16 Å². The Morgan fingerprint density at radius 3 is 2.31 bits per heavy atom. The van der Waals surface area contributed by atoms with Gasteiger partial charge in [-0.2, -0.15) is 0 Å². The summed E-state index contributed by atoms with van der Waals surface area (Å²) in [6, 6.07) is 0.388. The van der Waals surface area contributed by atoms with Gasteiger partial charge in [-0.3, -0.25) is 4.57 Å². The van der Waals surface area contributed by atoms with Gasteiger partial charge in [0.25, 0.3) is 0 Å². The van der Waals surface area contributed by atoms with Crippen molar-refractivity contribution in [3.8, 4) is 0 Å². The number of aromatic nitrogens is 3. The van der Waals surface area contributed by atoms with Gasteiger partial charge in [0.15, 0.2) is 5.16 Å². The average Bonchev–Trinajstić information content (AvgIpc) is 2.61. The number of anilines is 1. The summed E-state index contributed by atoms with van der Waals surface area (Å²) in [5.41, 5.74) is 0. The molecule has 0 aliphatic rings. The molecule has 1 heterocycles. The summed E-state index contributed by atoms with van der Waals surface area (Å²) in [5, 5.41) is 10.1. The predicted molar refractivity (Wildman–Crippen MR) is 70.3 cm³/mol. The van der Waals surface area contributed by atoms with E-state index in [0.717, 1.165) is 17.5 Å². The molecule has 1 rings (SSSR count). The maximum absolute atomic E-state index is 4.28. The van der Waals surface area contributed by atoms with E-state index in [1.807, 2.05) is 19.0 Å². The lowest BCUT2D eigenvalue weighted by molar-refractivity contribution is 0.548. The Hall–Kier alpha value is -0.710. The first-order valence-electron chi connectivity index (χ1n) is 5.76. The van der Waals surface area contributed by atoms with Gasteiger partial charge in [-0.05, 0) is 20.3 Å². The fourth-order valence-electron chi connectivity index (χ4n) is 1.37. The molecule has 0 saturated carbocycles. The zero-order valence-electron chi connectivity index (χ0n) is 11.1. The quantitative estimate of drug-likeness (QED) is 0.744. The van der Waals surface area contributed by atoms with E-state index >= 15 is 0 Å². The van der Waals surface area contributed by atoms with Gasteiger partial charge >= 0.3 is 0 Å². The zero-order valence-corrected chi connectivity index (χ0v) is 11.9. The van der Waals surface area contributed by atoms with Gasteiger partial charge in [0, 0.05) is 25.4 Å². The first kappa shape index (κ1) is 13.4. The minimum atomic E-state index is 0.388. The van der Waals surface area contributed by atoms with Gasteiger partial charge in [0.05, 0.1) is 0 Å². The largest absolute Gasteiger partial charge is 0.347 e. The van der Waals surface area contributed by atoms with E-state index in [1.165, 1.54) is 0 Å². The molecule has 0 amide bonds. The molecule has 16 heavy (non-hydrogen) atoms. The van der Waals surface area contributed by atoms with Crippen LogP contribution in [0, 0.1) is 0 Å². The van der Waals surface area contributed by atoms with Crippen LogP contribution in [0.2, 0.25) is 0 Å². The lowest BCUT2D eigenvalue weighted by Crippen LogP contribution is -2.17. The molecule has 0 bridgehead atoms. The van der Waals surface area contributed by atoms with Crippen LogP contribution in [0.4, 0.5) is 5.95 Å². The third-order valence-corrected chi connectivity index (χ3v) is 3.67. The normalized spacial score (nSPS) is 13.2. The van der Waals surface area contributed by atoms with Crippen LogP contribution < -0.4 is 4.90 Å². The van der Waals surface area contributed by atoms with Crippen molar-refractivity contribution in [2.24, 2.45) is 0 Å². The maximum atomic E-state index is 4.28. The predicted octanol–water partition coefficient (Wildman–Crippen LogP) is 2.82. The third kappa shape index (κ3) is 2.90. The summed E-state index contributed by atoms with van der Waals surface area (Å²) in [4.78, 5) is 2.01. The van der Waals surface area contributed by atoms with Gasteiger partial charge in [-0.15, -0.1) is 10.2 Å². The smallest absolute Gasteiger partial charge is 0.227 e. The fraction of sp³-hybridized carbons (Fsp3) is 0.818. The second kappa shape index (κ2) is 5.57. The summed E-state index contributed by atoms with van der Waals surface area (Å²) in [6.07, 6.45) is 1.15.